The van der Waals surface area contributed by atoms with E-state index in [0.29, 0.717) is 67.2 Å². The smallest absolute Gasteiger partial charge is 0.251 e. The number of ether oxygens (including phenoxy) is 3. The number of nitrogens with one attached hydrogen (secondary N) is 1. The average molecular weight is 423 g/mol. The summed E-state index contributed by atoms with van der Waals surface area (Å²) in [7, 11) is 0. The van der Waals surface area contributed by atoms with Gasteiger partial charge in [0.15, 0.2) is 11.5 Å². The maximum Gasteiger partial charge on any atom is 0.251 e. The van der Waals surface area contributed by atoms with E-state index in [2.05, 4.69) is 5.32 Å². The van der Waals surface area contributed by atoms with Gasteiger partial charge in [0.25, 0.3) is 11.5 Å². The van der Waals surface area contributed by atoms with Crippen molar-refractivity contribution in [1.29, 1.82) is 0 Å². The molecule has 2 aromatic rings. The molecular formula is C21H27ClN2O5. The first-order chi connectivity index (χ1) is 14.0. The van der Waals surface area contributed by atoms with E-state index in [1.807, 2.05) is 20.8 Å². The van der Waals surface area contributed by atoms with Crippen molar-refractivity contribution in [2.75, 3.05) is 26.4 Å². The van der Waals surface area contributed by atoms with Crippen molar-refractivity contribution in [2.45, 2.75) is 33.7 Å². The molecule has 0 bridgehead atoms. The van der Waals surface area contributed by atoms with Crippen LogP contribution in [0.5, 0.6) is 17.2 Å². The number of nitrogens with zero attached hydrogens (tertiary/aromatic N) is 1. The van der Waals surface area contributed by atoms with Crippen LogP contribution in [-0.4, -0.2) is 36.8 Å². The molecular weight excluding hydrogens is 396 g/mol. The van der Waals surface area contributed by atoms with Crippen LogP contribution in [0.2, 0.25) is 5.02 Å². The van der Waals surface area contributed by atoms with Crippen LogP contribution in [-0.2, 0) is 6.54 Å². The fourth-order valence-corrected chi connectivity index (χ4v) is 2.93. The lowest BCUT2D eigenvalue weighted by Crippen LogP contribution is -2.27. The standard InChI is InChI=1S/C21H27ClN2O5/c1-4-27-17-12-15(13-18(28-5-2)20(17)29-6-3)21(26)23-10-7-11-24-14-16(22)8-9-19(24)25/h8-9,12-14H,4-7,10-11H2,1-3H3,(H,23,26). The Labute approximate surface area is 175 Å². The number of hydrogen-bond donors (Lipinski definition) is 1. The molecule has 0 radical (unpaired) electrons. The molecule has 1 aromatic carbocycles. The van der Waals surface area contributed by atoms with Crippen LogP contribution >= 0.6 is 11.6 Å². The number of amides is 1. The molecule has 29 heavy (non-hydrogen) atoms. The van der Waals surface area contributed by atoms with E-state index in [4.69, 9.17) is 25.8 Å². The molecule has 1 N–H and O–H groups in total. The summed E-state index contributed by atoms with van der Waals surface area (Å²) in [6, 6.07) is 6.27. The molecule has 158 valence electrons. The molecule has 0 saturated heterocycles. The number of hydrogen-bond acceptors (Lipinski definition) is 5. The Morgan fingerprint density at radius 1 is 1.03 bits per heavy atom. The second-order valence-electron chi connectivity index (χ2n) is 6.09. The predicted molar refractivity (Wildman–Crippen MR) is 113 cm³/mol. The van der Waals surface area contributed by atoms with Crippen molar-refractivity contribution in [1.82, 2.24) is 9.88 Å². The van der Waals surface area contributed by atoms with Crippen LogP contribution in [0.15, 0.2) is 35.3 Å². The number of rotatable bonds is 11. The lowest BCUT2D eigenvalue weighted by Gasteiger charge is -2.17. The molecule has 0 saturated carbocycles. The molecule has 1 heterocycles. The second-order valence-corrected chi connectivity index (χ2v) is 6.53. The van der Waals surface area contributed by atoms with Crippen LogP contribution in [0, 0.1) is 0 Å². The zero-order valence-corrected chi connectivity index (χ0v) is 17.8. The summed E-state index contributed by atoms with van der Waals surface area (Å²) >= 11 is 5.91. The Bertz CT molecular complexity index is 855. The molecule has 0 spiro atoms. The number of benzene rings is 1. The summed E-state index contributed by atoms with van der Waals surface area (Å²) in [5.41, 5.74) is 0.287. The molecule has 8 heteroatoms. The Morgan fingerprint density at radius 2 is 1.66 bits per heavy atom. The van der Waals surface area contributed by atoms with Gasteiger partial charge in [0.2, 0.25) is 5.75 Å². The Kier molecular flexibility index (Phi) is 8.86. The van der Waals surface area contributed by atoms with E-state index in [-0.39, 0.29) is 11.5 Å². The average Bonchev–Trinajstić information content (AvgIpc) is 2.70. The highest BCUT2D eigenvalue weighted by Crippen LogP contribution is 2.39. The van der Waals surface area contributed by atoms with Crippen molar-refractivity contribution >= 4 is 17.5 Å². The predicted octanol–water partition coefficient (Wildman–Crippen LogP) is 3.52. The fourth-order valence-electron chi connectivity index (χ4n) is 2.75. The lowest BCUT2D eigenvalue weighted by molar-refractivity contribution is 0.0951. The van der Waals surface area contributed by atoms with Gasteiger partial charge in [-0.25, -0.2) is 0 Å². The third kappa shape index (κ3) is 6.42. The second kappa shape index (κ2) is 11.4. The molecule has 2 rings (SSSR count). The normalized spacial score (nSPS) is 10.5. The first kappa shape index (κ1) is 22.6. The third-order valence-corrected chi connectivity index (χ3v) is 4.20. The summed E-state index contributed by atoms with van der Waals surface area (Å²) in [6.07, 6.45) is 2.17. The van der Waals surface area contributed by atoms with Gasteiger partial charge in [-0.3, -0.25) is 9.59 Å². The molecule has 0 atom stereocenters. The molecule has 1 amide bonds. The van der Waals surface area contributed by atoms with Gasteiger partial charge in [0.1, 0.15) is 0 Å². The quantitative estimate of drug-likeness (QED) is 0.560. The van der Waals surface area contributed by atoms with Gasteiger partial charge in [-0.2, -0.15) is 0 Å². The van der Waals surface area contributed by atoms with Crippen molar-refractivity contribution in [3.63, 3.8) is 0 Å². The SMILES string of the molecule is CCOc1cc(C(=O)NCCCn2cc(Cl)ccc2=O)cc(OCC)c1OCC. The summed E-state index contributed by atoms with van der Waals surface area (Å²) < 4.78 is 18.5. The highest BCUT2D eigenvalue weighted by atomic mass is 35.5. The monoisotopic (exact) mass is 422 g/mol. The van der Waals surface area contributed by atoms with Crippen LogP contribution in [0.4, 0.5) is 0 Å². The highest BCUT2D eigenvalue weighted by Gasteiger charge is 2.18. The highest BCUT2D eigenvalue weighted by molar-refractivity contribution is 6.30. The number of carbonyl (C=O) groups excluding carboxylic acids is 1. The third-order valence-electron chi connectivity index (χ3n) is 3.98. The van der Waals surface area contributed by atoms with Crippen LogP contribution in [0.25, 0.3) is 0 Å². The molecule has 0 aliphatic rings. The lowest BCUT2D eigenvalue weighted by atomic mass is 10.1. The van der Waals surface area contributed by atoms with Gasteiger partial charge < -0.3 is 24.1 Å². The molecule has 7 nitrogen and oxygen atoms in total. The van der Waals surface area contributed by atoms with Gasteiger partial charge in [-0.1, -0.05) is 11.6 Å². The molecule has 0 unspecified atom stereocenters. The van der Waals surface area contributed by atoms with E-state index < -0.39 is 0 Å². The molecule has 0 aliphatic carbocycles. The minimum atomic E-state index is -0.256. The van der Waals surface area contributed by atoms with Crippen molar-refractivity contribution < 1.29 is 19.0 Å². The number of halogens is 1. The summed E-state index contributed by atoms with van der Waals surface area (Å²) in [4.78, 5) is 24.4. The van der Waals surface area contributed by atoms with Crippen LogP contribution < -0.4 is 25.1 Å². The molecule has 0 aliphatic heterocycles. The Morgan fingerprint density at radius 3 is 2.24 bits per heavy atom. The minimum absolute atomic E-state index is 0.130. The molecule has 1 aromatic heterocycles. The van der Waals surface area contributed by atoms with Crippen molar-refractivity contribution in [2.24, 2.45) is 0 Å². The van der Waals surface area contributed by atoms with E-state index in [1.165, 1.54) is 10.6 Å². The van der Waals surface area contributed by atoms with Gasteiger partial charge in [-0.15, -0.1) is 0 Å². The summed E-state index contributed by atoms with van der Waals surface area (Å²) in [5.74, 6) is 1.17. The first-order valence-corrected chi connectivity index (χ1v) is 10.1. The van der Waals surface area contributed by atoms with E-state index in [0.717, 1.165) is 0 Å². The van der Waals surface area contributed by atoms with Gasteiger partial charge >= 0.3 is 0 Å². The maximum absolute atomic E-state index is 12.6. The van der Waals surface area contributed by atoms with E-state index in [9.17, 15) is 9.59 Å². The maximum atomic E-state index is 12.6. The number of pyridine rings is 1. The molecule has 0 fully saturated rings. The van der Waals surface area contributed by atoms with Gasteiger partial charge in [0, 0.05) is 30.9 Å². The largest absolute Gasteiger partial charge is 0.490 e. The summed E-state index contributed by atoms with van der Waals surface area (Å²) in [5, 5.41) is 3.35. The first-order valence-electron chi connectivity index (χ1n) is 9.70. The van der Waals surface area contributed by atoms with Crippen LogP contribution in [0.3, 0.4) is 0 Å². The number of carbonyl (C=O) groups is 1. The van der Waals surface area contributed by atoms with Crippen molar-refractivity contribution in [3.05, 3.63) is 51.4 Å². The Balaban J connectivity index is 2.07. The van der Waals surface area contributed by atoms with Gasteiger partial charge in [-0.05, 0) is 45.4 Å². The zero-order valence-electron chi connectivity index (χ0n) is 17.0. The van der Waals surface area contributed by atoms with Crippen LogP contribution in [0.1, 0.15) is 37.6 Å². The zero-order chi connectivity index (χ0) is 21.2. The Hall–Kier alpha value is -2.67. The number of aryl methyl sites for hydroxylation is 1. The van der Waals surface area contributed by atoms with Crippen molar-refractivity contribution in [3.8, 4) is 17.2 Å². The van der Waals surface area contributed by atoms with E-state index in [1.54, 1.807) is 24.4 Å². The topological polar surface area (TPSA) is 78.8 Å². The number of aromatic nitrogens is 1. The fraction of sp³-hybridized carbons (Fsp3) is 0.429. The summed E-state index contributed by atoms with van der Waals surface area (Å²) in [6.45, 7) is 7.78. The minimum Gasteiger partial charge on any atom is -0.490 e. The van der Waals surface area contributed by atoms with E-state index >= 15 is 0 Å². The van der Waals surface area contributed by atoms with Gasteiger partial charge in [0.05, 0.1) is 24.8 Å².